The molecule has 0 saturated heterocycles. The van der Waals surface area contributed by atoms with Gasteiger partial charge in [-0.3, -0.25) is 4.79 Å². The molecule has 0 fully saturated rings. The van der Waals surface area contributed by atoms with Crippen molar-refractivity contribution in [2.45, 2.75) is 12.5 Å². The molecule has 4 heteroatoms. The van der Waals surface area contributed by atoms with Crippen molar-refractivity contribution in [2.75, 3.05) is 13.6 Å². The molecule has 1 amide bonds. The topological polar surface area (TPSA) is 58.2 Å². The van der Waals surface area contributed by atoms with Crippen molar-refractivity contribution in [1.29, 1.82) is 0 Å². The van der Waals surface area contributed by atoms with Gasteiger partial charge in [-0.15, -0.1) is 0 Å². The summed E-state index contributed by atoms with van der Waals surface area (Å²) < 4.78 is 0. The molecule has 2 N–H and O–H groups in total. The van der Waals surface area contributed by atoms with Crippen LogP contribution >= 0.6 is 0 Å². The van der Waals surface area contributed by atoms with Gasteiger partial charge in [0, 0.05) is 0 Å². The molecule has 16 heavy (non-hydrogen) atoms. The van der Waals surface area contributed by atoms with Crippen LogP contribution in [0.3, 0.4) is 0 Å². The van der Waals surface area contributed by atoms with E-state index >= 15 is 0 Å². The van der Waals surface area contributed by atoms with Crippen molar-refractivity contribution in [3.05, 3.63) is 35.9 Å². The summed E-state index contributed by atoms with van der Waals surface area (Å²) in [7, 11) is 1.73. The van der Waals surface area contributed by atoms with E-state index in [0.717, 1.165) is 5.56 Å². The lowest BCUT2D eigenvalue weighted by molar-refractivity contribution is -0.124. The Labute approximate surface area is 95.0 Å². The molecule has 0 saturated carbocycles. The van der Waals surface area contributed by atoms with Crippen LogP contribution in [-0.4, -0.2) is 31.8 Å². The van der Waals surface area contributed by atoms with Crippen molar-refractivity contribution in [3.8, 4) is 0 Å². The Morgan fingerprint density at radius 3 is 2.62 bits per heavy atom. The number of carbonyl (C=O) groups excluding carboxylic acids is 2. The minimum Gasteiger partial charge on any atom is -0.348 e. The molecule has 0 aromatic heterocycles. The molecule has 1 aromatic rings. The highest BCUT2D eigenvalue weighted by Crippen LogP contribution is 2.02. The van der Waals surface area contributed by atoms with Gasteiger partial charge in [-0.25, -0.2) is 0 Å². The average molecular weight is 220 g/mol. The van der Waals surface area contributed by atoms with E-state index in [-0.39, 0.29) is 18.5 Å². The Balaban J connectivity index is 2.55. The van der Waals surface area contributed by atoms with Gasteiger partial charge in [0.05, 0.1) is 12.6 Å². The van der Waals surface area contributed by atoms with E-state index in [9.17, 15) is 9.59 Å². The molecule has 0 heterocycles. The van der Waals surface area contributed by atoms with Crippen LogP contribution in [0.25, 0.3) is 0 Å². The van der Waals surface area contributed by atoms with Crippen LogP contribution < -0.4 is 10.6 Å². The first kappa shape index (κ1) is 12.4. The summed E-state index contributed by atoms with van der Waals surface area (Å²) in [5.41, 5.74) is 1.09. The average Bonchev–Trinajstić information content (AvgIpc) is 2.34. The number of likely N-dealkylation sites (N-methyl/N-ethyl adjacent to an activating group) is 1. The highest BCUT2D eigenvalue weighted by Gasteiger charge is 2.15. The lowest BCUT2D eigenvalue weighted by atomic mass is 10.1. The number of amides is 1. The van der Waals surface area contributed by atoms with Gasteiger partial charge in [-0.2, -0.15) is 0 Å². The third-order valence-corrected chi connectivity index (χ3v) is 2.31. The van der Waals surface area contributed by atoms with E-state index in [1.54, 1.807) is 7.05 Å². The van der Waals surface area contributed by atoms with Crippen LogP contribution in [0.4, 0.5) is 0 Å². The zero-order valence-electron chi connectivity index (χ0n) is 9.27. The summed E-state index contributed by atoms with van der Waals surface area (Å²) in [5.74, 6) is -0.154. The first-order valence-electron chi connectivity index (χ1n) is 5.20. The molecule has 0 aliphatic carbocycles. The van der Waals surface area contributed by atoms with Crippen LogP contribution in [0.15, 0.2) is 30.3 Å². The van der Waals surface area contributed by atoms with Gasteiger partial charge in [-0.1, -0.05) is 30.3 Å². The molecule has 0 bridgehead atoms. The Morgan fingerprint density at radius 1 is 1.38 bits per heavy atom. The lowest BCUT2D eigenvalue weighted by Crippen LogP contribution is -2.44. The van der Waals surface area contributed by atoms with Crippen LogP contribution in [0, 0.1) is 0 Å². The molecule has 0 aliphatic heterocycles. The predicted molar refractivity (Wildman–Crippen MR) is 62.1 cm³/mol. The Morgan fingerprint density at radius 2 is 2.06 bits per heavy atom. The largest absolute Gasteiger partial charge is 0.348 e. The zero-order valence-corrected chi connectivity index (χ0v) is 9.27. The Kier molecular flexibility index (Phi) is 5.22. The van der Waals surface area contributed by atoms with Gasteiger partial charge in [0.1, 0.15) is 6.29 Å². The SMILES string of the molecule is CNC(Cc1ccccc1)C(=O)NCC=O. The molecule has 0 spiro atoms. The molecule has 86 valence electrons. The lowest BCUT2D eigenvalue weighted by Gasteiger charge is -2.15. The van der Waals surface area contributed by atoms with Gasteiger partial charge >= 0.3 is 0 Å². The van der Waals surface area contributed by atoms with E-state index in [1.807, 2.05) is 30.3 Å². The summed E-state index contributed by atoms with van der Waals surface area (Å²) in [4.78, 5) is 21.7. The predicted octanol–water partition coefficient (Wildman–Crippen LogP) is 0.132. The first-order valence-corrected chi connectivity index (χ1v) is 5.20. The minimum atomic E-state index is -0.303. The number of hydrogen-bond donors (Lipinski definition) is 2. The monoisotopic (exact) mass is 220 g/mol. The molecule has 1 aromatic carbocycles. The smallest absolute Gasteiger partial charge is 0.237 e. The Bertz CT molecular complexity index is 338. The second kappa shape index (κ2) is 6.74. The normalized spacial score (nSPS) is 11.8. The van der Waals surface area contributed by atoms with E-state index < -0.39 is 0 Å². The number of hydrogen-bond acceptors (Lipinski definition) is 3. The first-order chi connectivity index (χ1) is 7.77. The number of benzene rings is 1. The van der Waals surface area contributed by atoms with Crippen molar-refractivity contribution >= 4 is 12.2 Å². The fraction of sp³-hybridized carbons (Fsp3) is 0.333. The summed E-state index contributed by atoms with van der Waals surface area (Å²) >= 11 is 0. The molecule has 1 atom stereocenters. The minimum absolute atomic E-state index is 0.0613. The van der Waals surface area contributed by atoms with Crippen LogP contribution in [0.1, 0.15) is 5.56 Å². The summed E-state index contributed by atoms with van der Waals surface area (Å²) in [5, 5.41) is 5.47. The zero-order chi connectivity index (χ0) is 11.8. The Hall–Kier alpha value is -1.68. The van der Waals surface area contributed by atoms with Crippen molar-refractivity contribution in [1.82, 2.24) is 10.6 Å². The molecule has 1 rings (SSSR count). The highest BCUT2D eigenvalue weighted by atomic mass is 16.2. The maximum atomic E-state index is 11.6. The molecular formula is C12H16N2O2. The van der Waals surface area contributed by atoms with Gasteiger partial charge in [0.25, 0.3) is 0 Å². The fourth-order valence-electron chi connectivity index (χ4n) is 1.44. The van der Waals surface area contributed by atoms with Gasteiger partial charge in [0.15, 0.2) is 0 Å². The van der Waals surface area contributed by atoms with Gasteiger partial charge in [0.2, 0.25) is 5.91 Å². The molecule has 0 radical (unpaired) electrons. The number of rotatable bonds is 6. The molecular weight excluding hydrogens is 204 g/mol. The van der Waals surface area contributed by atoms with Crippen LogP contribution in [-0.2, 0) is 16.0 Å². The van der Waals surface area contributed by atoms with Crippen molar-refractivity contribution in [3.63, 3.8) is 0 Å². The second-order valence-electron chi connectivity index (χ2n) is 3.44. The number of nitrogens with one attached hydrogen (secondary N) is 2. The van der Waals surface area contributed by atoms with Gasteiger partial charge in [-0.05, 0) is 19.0 Å². The van der Waals surface area contributed by atoms with E-state index in [1.165, 1.54) is 0 Å². The second-order valence-corrected chi connectivity index (χ2v) is 3.44. The maximum absolute atomic E-state index is 11.6. The third kappa shape index (κ3) is 3.82. The fourth-order valence-corrected chi connectivity index (χ4v) is 1.44. The molecule has 4 nitrogen and oxygen atoms in total. The molecule has 1 unspecified atom stereocenters. The summed E-state index contributed by atoms with van der Waals surface area (Å²) in [6.07, 6.45) is 1.29. The van der Waals surface area contributed by atoms with Crippen LogP contribution in [0.2, 0.25) is 0 Å². The highest BCUT2D eigenvalue weighted by molar-refractivity contribution is 5.83. The summed E-state index contributed by atoms with van der Waals surface area (Å²) in [6.45, 7) is 0.0613. The van der Waals surface area contributed by atoms with E-state index in [2.05, 4.69) is 10.6 Å². The van der Waals surface area contributed by atoms with E-state index in [4.69, 9.17) is 0 Å². The van der Waals surface area contributed by atoms with Crippen molar-refractivity contribution in [2.24, 2.45) is 0 Å². The van der Waals surface area contributed by atoms with Crippen LogP contribution in [0.5, 0.6) is 0 Å². The summed E-state index contributed by atoms with van der Waals surface area (Å²) in [6, 6.07) is 9.44. The maximum Gasteiger partial charge on any atom is 0.237 e. The van der Waals surface area contributed by atoms with Crippen molar-refractivity contribution < 1.29 is 9.59 Å². The third-order valence-electron chi connectivity index (χ3n) is 2.31. The standard InChI is InChI=1S/C12H16N2O2/c1-13-11(12(16)14-7-8-15)9-10-5-3-2-4-6-10/h2-6,8,11,13H,7,9H2,1H3,(H,14,16). The quantitative estimate of drug-likeness (QED) is 0.670. The molecule has 0 aliphatic rings. The number of aldehydes is 1. The van der Waals surface area contributed by atoms with Gasteiger partial charge < -0.3 is 15.4 Å². The van der Waals surface area contributed by atoms with E-state index in [0.29, 0.717) is 12.7 Å². The number of carbonyl (C=O) groups is 2.